The van der Waals surface area contributed by atoms with Gasteiger partial charge in [0.05, 0.1) is 17.1 Å². The summed E-state index contributed by atoms with van der Waals surface area (Å²) in [4.78, 5) is 25.2. The lowest BCUT2D eigenvalue weighted by atomic mass is 9.87. The van der Waals surface area contributed by atoms with E-state index < -0.39 is 17.7 Å². The Hall–Kier alpha value is -2.44. The minimum Gasteiger partial charge on any atom is -0.481 e. The molecule has 0 aliphatic heterocycles. The van der Waals surface area contributed by atoms with Crippen molar-refractivity contribution in [1.82, 2.24) is 0 Å². The second-order valence-corrected chi connectivity index (χ2v) is 7.87. The molecule has 0 aliphatic rings. The molecular weight excluding hydrogens is 391 g/mol. The van der Waals surface area contributed by atoms with Crippen LogP contribution in [0.4, 0.5) is 4.39 Å². The van der Waals surface area contributed by atoms with Crippen LogP contribution in [0, 0.1) is 11.7 Å². The minimum atomic E-state index is -1.03. The number of hydrogen-bond donors (Lipinski definition) is 1. The maximum absolute atomic E-state index is 14.5. The predicted molar refractivity (Wildman–Crippen MR) is 102 cm³/mol. The van der Waals surface area contributed by atoms with Gasteiger partial charge in [-0.1, -0.05) is 25.4 Å². The van der Waals surface area contributed by atoms with E-state index in [1.165, 1.54) is 36.6 Å². The van der Waals surface area contributed by atoms with Crippen LogP contribution in [0.3, 0.4) is 0 Å². The lowest BCUT2D eigenvalue weighted by Crippen LogP contribution is -2.17. The predicted octanol–water partition coefficient (Wildman–Crippen LogP) is 5.86. The van der Waals surface area contributed by atoms with Gasteiger partial charge in [0.15, 0.2) is 5.76 Å². The Labute approximate surface area is 164 Å². The van der Waals surface area contributed by atoms with Crippen molar-refractivity contribution in [2.24, 2.45) is 5.92 Å². The van der Waals surface area contributed by atoms with Gasteiger partial charge in [-0.3, -0.25) is 9.59 Å². The fraction of sp³-hybridized carbons (Fsp3) is 0.200. The van der Waals surface area contributed by atoms with Crippen molar-refractivity contribution in [2.75, 3.05) is 0 Å². The number of rotatable bonds is 6. The highest BCUT2D eigenvalue weighted by Gasteiger charge is 2.31. The first-order valence-electron chi connectivity index (χ1n) is 8.19. The zero-order valence-electron chi connectivity index (χ0n) is 14.5. The molecule has 0 radical (unpaired) electrons. The van der Waals surface area contributed by atoms with Gasteiger partial charge in [0.2, 0.25) is 5.78 Å². The monoisotopic (exact) mass is 406 g/mol. The first kappa shape index (κ1) is 19.3. The first-order chi connectivity index (χ1) is 12.8. The zero-order chi connectivity index (χ0) is 19.7. The van der Waals surface area contributed by atoms with Crippen molar-refractivity contribution >= 4 is 34.7 Å². The highest BCUT2D eigenvalue weighted by Crippen LogP contribution is 2.42. The molecule has 3 aromatic rings. The molecule has 2 heterocycles. The Kier molecular flexibility index (Phi) is 5.48. The molecule has 0 saturated carbocycles. The second kappa shape index (κ2) is 7.66. The lowest BCUT2D eigenvalue weighted by molar-refractivity contribution is -0.139. The molecule has 4 nitrogen and oxygen atoms in total. The molecule has 1 unspecified atom stereocenters. The molecule has 27 heavy (non-hydrogen) atoms. The van der Waals surface area contributed by atoms with Crippen LogP contribution in [0.25, 0.3) is 10.4 Å². The van der Waals surface area contributed by atoms with Crippen molar-refractivity contribution in [2.45, 2.75) is 19.8 Å². The Bertz CT molecular complexity index is 992. The number of carbonyl (C=O) groups excluding carboxylic acids is 1. The Morgan fingerprint density at radius 2 is 1.96 bits per heavy atom. The smallest absolute Gasteiger partial charge is 0.311 e. The molecule has 0 bridgehead atoms. The van der Waals surface area contributed by atoms with Crippen molar-refractivity contribution < 1.29 is 23.5 Å². The fourth-order valence-corrected chi connectivity index (χ4v) is 4.28. The molecule has 0 spiro atoms. The Balaban J connectivity index is 2.20. The van der Waals surface area contributed by atoms with Crippen LogP contribution in [0.5, 0.6) is 0 Å². The summed E-state index contributed by atoms with van der Waals surface area (Å²) in [5.41, 5.74) is 0.614. The number of ketones is 1. The molecule has 0 saturated heterocycles. The van der Waals surface area contributed by atoms with Crippen LogP contribution < -0.4 is 0 Å². The number of carboxylic acids is 1. The van der Waals surface area contributed by atoms with E-state index in [4.69, 9.17) is 16.0 Å². The zero-order valence-corrected chi connectivity index (χ0v) is 16.1. The van der Waals surface area contributed by atoms with Crippen LogP contribution in [-0.4, -0.2) is 16.9 Å². The summed E-state index contributed by atoms with van der Waals surface area (Å²) in [6.07, 6.45) is 1.38. The average Bonchev–Trinajstić information content (AvgIpc) is 3.24. The molecule has 0 aliphatic carbocycles. The third-order valence-electron chi connectivity index (χ3n) is 4.17. The molecule has 1 atom stereocenters. The van der Waals surface area contributed by atoms with Crippen molar-refractivity contribution in [3.63, 3.8) is 0 Å². The summed E-state index contributed by atoms with van der Waals surface area (Å²) in [5.74, 6) is -2.98. The molecule has 1 N–H and O–H groups in total. The van der Waals surface area contributed by atoms with E-state index in [9.17, 15) is 19.1 Å². The van der Waals surface area contributed by atoms with Gasteiger partial charge < -0.3 is 9.52 Å². The average molecular weight is 407 g/mol. The molecular formula is C20H16ClFO4S. The number of hydrogen-bond acceptors (Lipinski definition) is 4. The molecule has 7 heteroatoms. The molecule has 2 aromatic heterocycles. The molecule has 140 valence electrons. The van der Waals surface area contributed by atoms with Gasteiger partial charge >= 0.3 is 5.97 Å². The summed E-state index contributed by atoms with van der Waals surface area (Å²) in [6.45, 7) is 3.54. The van der Waals surface area contributed by atoms with Crippen LogP contribution in [0.15, 0.2) is 47.1 Å². The maximum atomic E-state index is 14.5. The third-order valence-corrected chi connectivity index (χ3v) is 5.59. The maximum Gasteiger partial charge on any atom is 0.311 e. The van der Waals surface area contributed by atoms with Gasteiger partial charge in [-0.25, -0.2) is 4.39 Å². The topological polar surface area (TPSA) is 67.5 Å². The van der Waals surface area contributed by atoms with E-state index in [-0.39, 0.29) is 32.9 Å². The standard InChI is InChI=1S/C20H16ClFO4S/c1-10(2)17(20(24)25)13-9-16(18(23)15-4-3-7-26-15)27-19(13)12-6-5-11(21)8-14(12)22/h3-10,17H,1-2H3,(H,24,25). The molecule has 1 aromatic carbocycles. The van der Waals surface area contributed by atoms with E-state index in [1.807, 2.05) is 0 Å². The van der Waals surface area contributed by atoms with Crippen LogP contribution in [0.1, 0.15) is 40.8 Å². The van der Waals surface area contributed by atoms with E-state index in [0.717, 1.165) is 11.3 Å². The summed E-state index contributed by atoms with van der Waals surface area (Å²) in [5, 5.41) is 9.94. The molecule has 3 rings (SSSR count). The van der Waals surface area contributed by atoms with Crippen molar-refractivity contribution in [1.29, 1.82) is 0 Å². The number of thiophene rings is 1. The minimum absolute atomic E-state index is 0.141. The molecule has 0 fully saturated rings. The van der Waals surface area contributed by atoms with Crippen molar-refractivity contribution in [3.8, 4) is 10.4 Å². The summed E-state index contributed by atoms with van der Waals surface area (Å²) in [7, 11) is 0. The number of halogens is 2. The van der Waals surface area contributed by atoms with Gasteiger partial charge in [-0.05, 0) is 47.9 Å². The largest absolute Gasteiger partial charge is 0.481 e. The number of aliphatic carboxylic acids is 1. The van der Waals surface area contributed by atoms with E-state index in [1.54, 1.807) is 19.9 Å². The quantitative estimate of drug-likeness (QED) is 0.521. The molecule has 0 amide bonds. The first-order valence-corrected chi connectivity index (χ1v) is 9.39. The number of furan rings is 1. The Morgan fingerprint density at radius 1 is 1.22 bits per heavy atom. The van der Waals surface area contributed by atoms with Crippen LogP contribution >= 0.6 is 22.9 Å². The number of carbonyl (C=O) groups is 2. The third kappa shape index (κ3) is 3.82. The summed E-state index contributed by atoms with van der Waals surface area (Å²) in [6, 6.07) is 8.84. The van der Waals surface area contributed by atoms with Gasteiger partial charge in [-0.15, -0.1) is 11.3 Å². The van der Waals surface area contributed by atoms with Gasteiger partial charge in [0.1, 0.15) is 5.82 Å². The SMILES string of the molecule is CC(C)C(C(=O)O)c1cc(C(=O)c2ccco2)sc1-c1ccc(Cl)cc1F. The van der Waals surface area contributed by atoms with E-state index in [0.29, 0.717) is 10.4 Å². The van der Waals surface area contributed by atoms with E-state index >= 15 is 0 Å². The summed E-state index contributed by atoms with van der Waals surface area (Å²) < 4.78 is 19.7. The van der Waals surface area contributed by atoms with Crippen LogP contribution in [0.2, 0.25) is 5.02 Å². The second-order valence-electron chi connectivity index (χ2n) is 6.39. The van der Waals surface area contributed by atoms with Gasteiger partial charge in [0.25, 0.3) is 0 Å². The summed E-state index contributed by atoms with van der Waals surface area (Å²) >= 11 is 6.88. The highest BCUT2D eigenvalue weighted by atomic mass is 35.5. The van der Waals surface area contributed by atoms with Crippen molar-refractivity contribution in [3.05, 3.63) is 69.7 Å². The lowest BCUT2D eigenvalue weighted by Gasteiger charge is -2.17. The fourth-order valence-electron chi connectivity index (χ4n) is 2.94. The normalized spacial score (nSPS) is 12.3. The van der Waals surface area contributed by atoms with Crippen LogP contribution in [-0.2, 0) is 4.79 Å². The number of carboxylic acid groups (broad SMARTS) is 1. The highest BCUT2D eigenvalue weighted by molar-refractivity contribution is 7.17. The van der Waals surface area contributed by atoms with Gasteiger partial charge in [0, 0.05) is 15.5 Å². The van der Waals surface area contributed by atoms with E-state index in [2.05, 4.69) is 0 Å². The number of benzene rings is 1. The Morgan fingerprint density at radius 3 is 2.52 bits per heavy atom. The van der Waals surface area contributed by atoms with Gasteiger partial charge in [-0.2, -0.15) is 0 Å².